The monoisotopic (exact) mass is 627 g/mol. The summed E-state index contributed by atoms with van der Waals surface area (Å²) < 4.78 is 73.4. The van der Waals surface area contributed by atoms with Gasteiger partial charge in [-0.05, 0) is 93.6 Å². The van der Waals surface area contributed by atoms with Crippen molar-refractivity contribution in [3.63, 3.8) is 0 Å². The lowest BCUT2D eigenvalue weighted by atomic mass is 9.71. The molecule has 1 N–H and O–H groups in total. The Morgan fingerprint density at radius 3 is 2.27 bits per heavy atom. The SMILES string of the molecule is CC1(C)Oc2cc(OC3CCN(S(=O)(=O)c4ccc(F)cc4)CC3)ccc2[C@@H]2O[C@H](Cc3ccc(F)cc3)[C@H](C(=O)O)C[C@H]21. The van der Waals surface area contributed by atoms with Crippen molar-refractivity contribution in [2.24, 2.45) is 11.8 Å². The van der Waals surface area contributed by atoms with Gasteiger partial charge in [0, 0.05) is 30.6 Å². The first kappa shape index (κ1) is 30.5. The first-order valence-electron chi connectivity index (χ1n) is 14.8. The Labute approximate surface area is 255 Å². The van der Waals surface area contributed by atoms with Gasteiger partial charge in [-0.1, -0.05) is 12.1 Å². The standard InChI is InChI=1S/C33H35F2NO7S/c1-33(2)28-19-27(32(37)38)29(17-20-3-5-21(34)6-4-20)42-31(28)26-12-9-24(18-30(26)43-33)41-23-13-15-36(16-14-23)44(39,40)25-10-7-22(35)8-11-25/h3-12,18,23,27-29,31H,13-17,19H2,1-2H3,(H,37,38)/t27-,28-,29-,31+/m1/s1. The summed E-state index contributed by atoms with van der Waals surface area (Å²) in [6.45, 7) is 4.41. The number of piperidine rings is 1. The summed E-state index contributed by atoms with van der Waals surface area (Å²) >= 11 is 0. The number of fused-ring (bicyclic) bond motifs is 3. The molecule has 0 aliphatic carbocycles. The van der Waals surface area contributed by atoms with Crippen molar-refractivity contribution in [2.45, 2.75) is 68.3 Å². The maximum absolute atomic E-state index is 13.5. The molecule has 0 radical (unpaired) electrons. The van der Waals surface area contributed by atoms with Crippen LogP contribution in [0.3, 0.4) is 0 Å². The molecule has 2 saturated heterocycles. The lowest BCUT2D eigenvalue weighted by molar-refractivity contribution is -0.187. The molecule has 3 aliphatic rings. The fourth-order valence-corrected chi connectivity index (χ4v) is 8.05. The molecule has 2 fully saturated rings. The number of hydrogen-bond acceptors (Lipinski definition) is 6. The van der Waals surface area contributed by atoms with Crippen LogP contribution < -0.4 is 9.47 Å². The summed E-state index contributed by atoms with van der Waals surface area (Å²) in [6.07, 6.45) is 0.471. The topological polar surface area (TPSA) is 102 Å². The molecular weight excluding hydrogens is 592 g/mol. The van der Waals surface area contributed by atoms with Gasteiger partial charge in [0.1, 0.15) is 34.8 Å². The maximum atomic E-state index is 13.5. The number of benzene rings is 3. The summed E-state index contributed by atoms with van der Waals surface area (Å²) in [7, 11) is -3.72. The summed E-state index contributed by atoms with van der Waals surface area (Å²) in [5.41, 5.74) is 0.896. The number of nitrogens with zero attached hydrogens (tertiary/aromatic N) is 1. The second kappa shape index (κ2) is 11.8. The summed E-state index contributed by atoms with van der Waals surface area (Å²) in [6, 6.07) is 16.4. The molecule has 3 aromatic rings. The number of halogens is 2. The number of aliphatic carboxylic acids is 1. The van der Waals surface area contributed by atoms with Crippen molar-refractivity contribution >= 4 is 16.0 Å². The van der Waals surface area contributed by atoms with E-state index in [9.17, 15) is 27.1 Å². The highest BCUT2D eigenvalue weighted by atomic mass is 32.2. The summed E-state index contributed by atoms with van der Waals surface area (Å²) in [4.78, 5) is 12.3. The number of rotatable bonds is 7. The average molecular weight is 628 g/mol. The molecule has 3 aliphatic heterocycles. The van der Waals surface area contributed by atoms with E-state index in [0.717, 1.165) is 23.3 Å². The Hall–Kier alpha value is -3.54. The van der Waals surface area contributed by atoms with Gasteiger partial charge in [0.05, 0.1) is 23.0 Å². The average Bonchev–Trinajstić information content (AvgIpc) is 2.98. The first-order valence-corrected chi connectivity index (χ1v) is 16.2. The Balaban J connectivity index is 1.16. The van der Waals surface area contributed by atoms with Gasteiger partial charge in [-0.25, -0.2) is 17.2 Å². The third kappa shape index (κ3) is 6.05. The van der Waals surface area contributed by atoms with E-state index in [4.69, 9.17) is 14.2 Å². The van der Waals surface area contributed by atoms with Gasteiger partial charge in [-0.15, -0.1) is 0 Å². The van der Waals surface area contributed by atoms with Crippen molar-refractivity contribution < 1.29 is 41.3 Å². The van der Waals surface area contributed by atoms with Gasteiger partial charge < -0.3 is 19.3 Å². The molecule has 0 saturated carbocycles. The third-order valence-electron chi connectivity index (χ3n) is 9.02. The van der Waals surface area contributed by atoms with E-state index in [1.807, 2.05) is 32.0 Å². The van der Waals surface area contributed by atoms with E-state index < -0.39 is 45.5 Å². The first-order chi connectivity index (χ1) is 20.9. The zero-order valence-electron chi connectivity index (χ0n) is 24.5. The number of carboxylic acid groups (broad SMARTS) is 1. The van der Waals surface area contributed by atoms with Crippen molar-refractivity contribution in [1.29, 1.82) is 0 Å². The molecule has 4 atom stereocenters. The normalized spacial score (nSPS) is 25.4. The molecule has 0 bridgehead atoms. The second-order valence-corrected chi connectivity index (χ2v) is 14.2. The molecule has 0 unspecified atom stereocenters. The fraction of sp³-hybridized carbons (Fsp3) is 0.424. The van der Waals surface area contributed by atoms with Crippen molar-refractivity contribution in [3.8, 4) is 11.5 Å². The highest BCUT2D eigenvalue weighted by molar-refractivity contribution is 7.89. The van der Waals surface area contributed by atoms with E-state index in [2.05, 4.69) is 0 Å². The Morgan fingerprint density at radius 2 is 1.64 bits per heavy atom. The molecule has 0 amide bonds. The van der Waals surface area contributed by atoms with Gasteiger partial charge in [-0.3, -0.25) is 4.79 Å². The smallest absolute Gasteiger partial charge is 0.309 e. The van der Waals surface area contributed by atoms with Crippen LogP contribution in [0.1, 0.15) is 50.3 Å². The third-order valence-corrected chi connectivity index (χ3v) is 10.9. The molecule has 11 heteroatoms. The maximum Gasteiger partial charge on any atom is 0.309 e. The lowest BCUT2D eigenvalue weighted by Gasteiger charge is -2.50. The van der Waals surface area contributed by atoms with Crippen LogP contribution in [-0.2, 0) is 26.0 Å². The molecule has 3 heterocycles. The number of sulfonamides is 1. The zero-order valence-corrected chi connectivity index (χ0v) is 25.3. The van der Waals surface area contributed by atoms with Gasteiger partial charge in [-0.2, -0.15) is 4.31 Å². The number of ether oxygens (including phenoxy) is 3. The van der Waals surface area contributed by atoms with E-state index in [-0.39, 0.29) is 35.8 Å². The van der Waals surface area contributed by atoms with E-state index in [1.165, 1.54) is 28.6 Å². The molecule has 0 spiro atoms. The van der Waals surface area contributed by atoms with Crippen LogP contribution in [0.15, 0.2) is 71.6 Å². The van der Waals surface area contributed by atoms with Gasteiger partial charge >= 0.3 is 5.97 Å². The lowest BCUT2D eigenvalue weighted by Crippen LogP contribution is -2.52. The largest absolute Gasteiger partial charge is 0.490 e. The molecule has 44 heavy (non-hydrogen) atoms. The van der Waals surface area contributed by atoms with E-state index >= 15 is 0 Å². The Morgan fingerprint density at radius 1 is 1.00 bits per heavy atom. The van der Waals surface area contributed by atoms with Crippen LogP contribution in [0.4, 0.5) is 8.78 Å². The molecule has 234 valence electrons. The fourth-order valence-electron chi connectivity index (χ4n) is 6.58. The van der Waals surface area contributed by atoms with E-state index in [0.29, 0.717) is 37.2 Å². The van der Waals surface area contributed by atoms with Crippen molar-refractivity contribution in [1.82, 2.24) is 4.31 Å². The van der Waals surface area contributed by atoms with Gasteiger partial charge in [0.25, 0.3) is 0 Å². The Kier molecular flexibility index (Phi) is 8.15. The minimum Gasteiger partial charge on any atom is -0.490 e. The van der Waals surface area contributed by atoms with Crippen LogP contribution in [0, 0.1) is 23.5 Å². The van der Waals surface area contributed by atoms with E-state index in [1.54, 1.807) is 12.1 Å². The van der Waals surface area contributed by atoms with Crippen LogP contribution in [0.2, 0.25) is 0 Å². The quantitative estimate of drug-likeness (QED) is 0.356. The predicted octanol–water partition coefficient (Wildman–Crippen LogP) is 5.76. The summed E-state index contributed by atoms with van der Waals surface area (Å²) in [5, 5.41) is 10.1. The number of hydrogen-bond donors (Lipinski definition) is 1. The molecule has 6 rings (SSSR count). The van der Waals surface area contributed by atoms with Crippen LogP contribution >= 0.6 is 0 Å². The summed E-state index contributed by atoms with van der Waals surface area (Å²) in [5.74, 6) is -1.55. The molecular formula is C33H35F2NO7S. The van der Waals surface area contributed by atoms with Crippen molar-refractivity contribution in [2.75, 3.05) is 13.1 Å². The highest BCUT2D eigenvalue weighted by Gasteiger charge is 2.52. The number of carbonyl (C=O) groups is 1. The minimum atomic E-state index is -3.72. The second-order valence-electron chi connectivity index (χ2n) is 12.3. The van der Waals surface area contributed by atoms with Crippen LogP contribution in [0.25, 0.3) is 0 Å². The van der Waals surface area contributed by atoms with Crippen LogP contribution in [-0.4, -0.2) is 54.7 Å². The molecule has 0 aromatic heterocycles. The van der Waals surface area contributed by atoms with Gasteiger partial charge in [0.2, 0.25) is 10.0 Å². The Bertz CT molecular complexity index is 1620. The number of carboxylic acids is 1. The molecule has 8 nitrogen and oxygen atoms in total. The zero-order chi connectivity index (χ0) is 31.2. The molecule has 3 aromatic carbocycles. The van der Waals surface area contributed by atoms with Crippen molar-refractivity contribution in [3.05, 3.63) is 89.5 Å². The van der Waals surface area contributed by atoms with Crippen LogP contribution in [0.5, 0.6) is 11.5 Å². The predicted molar refractivity (Wildman–Crippen MR) is 157 cm³/mol. The highest BCUT2D eigenvalue weighted by Crippen LogP contribution is 2.53. The van der Waals surface area contributed by atoms with Gasteiger partial charge in [0.15, 0.2) is 0 Å². The minimum absolute atomic E-state index is 0.0607.